The van der Waals surface area contributed by atoms with E-state index < -0.39 is 0 Å². The van der Waals surface area contributed by atoms with E-state index in [1.54, 1.807) is 0 Å². The molecule has 0 saturated carbocycles. The van der Waals surface area contributed by atoms with Gasteiger partial charge in [0.2, 0.25) is 5.91 Å². The number of amides is 1. The number of anilines is 3. The Morgan fingerprint density at radius 3 is 2.71 bits per heavy atom. The molecule has 108 valence electrons. The second kappa shape index (κ2) is 6.31. The van der Waals surface area contributed by atoms with Crippen LogP contribution in [0.5, 0.6) is 0 Å². The van der Waals surface area contributed by atoms with Gasteiger partial charge >= 0.3 is 0 Å². The minimum Gasteiger partial charge on any atom is -0.383 e. The summed E-state index contributed by atoms with van der Waals surface area (Å²) < 4.78 is 0. The third-order valence-electron chi connectivity index (χ3n) is 3.56. The number of nitrogens with zero attached hydrogens (tertiary/aromatic N) is 1. The first-order valence-corrected chi connectivity index (χ1v) is 7.26. The molecule has 0 aromatic heterocycles. The zero-order chi connectivity index (χ0) is 14.5. The van der Waals surface area contributed by atoms with Crippen molar-refractivity contribution in [1.29, 1.82) is 0 Å². The molecule has 2 aromatic rings. The van der Waals surface area contributed by atoms with Crippen LogP contribution in [0, 0.1) is 0 Å². The van der Waals surface area contributed by atoms with Crippen LogP contribution in [0.2, 0.25) is 0 Å². The van der Waals surface area contributed by atoms with Gasteiger partial charge in [0.25, 0.3) is 0 Å². The SMILES string of the molecule is O=C(CN1CCCNc2ccccc21)Nc1ccccc1. The van der Waals surface area contributed by atoms with Crippen LogP contribution < -0.4 is 15.5 Å². The van der Waals surface area contributed by atoms with Gasteiger partial charge in [-0.15, -0.1) is 0 Å². The minimum atomic E-state index is 0.0119. The van der Waals surface area contributed by atoms with Gasteiger partial charge in [0.05, 0.1) is 17.9 Å². The van der Waals surface area contributed by atoms with E-state index in [2.05, 4.69) is 27.7 Å². The average molecular weight is 281 g/mol. The van der Waals surface area contributed by atoms with Crippen molar-refractivity contribution in [2.45, 2.75) is 6.42 Å². The molecule has 21 heavy (non-hydrogen) atoms. The van der Waals surface area contributed by atoms with Gasteiger partial charge in [-0.05, 0) is 30.7 Å². The first kappa shape index (κ1) is 13.5. The highest BCUT2D eigenvalue weighted by Gasteiger charge is 2.17. The second-order valence-corrected chi connectivity index (χ2v) is 5.13. The van der Waals surface area contributed by atoms with Crippen LogP contribution in [0.15, 0.2) is 54.6 Å². The molecule has 0 saturated heterocycles. The van der Waals surface area contributed by atoms with Crippen LogP contribution in [0.4, 0.5) is 17.1 Å². The molecule has 0 fully saturated rings. The summed E-state index contributed by atoms with van der Waals surface area (Å²) in [6, 6.07) is 17.7. The van der Waals surface area contributed by atoms with Crippen LogP contribution in [0.3, 0.4) is 0 Å². The van der Waals surface area contributed by atoms with E-state index in [9.17, 15) is 4.79 Å². The lowest BCUT2D eigenvalue weighted by atomic mass is 10.2. The predicted octanol–water partition coefficient (Wildman–Crippen LogP) is 2.95. The van der Waals surface area contributed by atoms with Crippen LogP contribution in [-0.4, -0.2) is 25.5 Å². The smallest absolute Gasteiger partial charge is 0.243 e. The summed E-state index contributed by atoms with van der Waals surface area (Å²) in [7, 11) is 0. The van der Waals surface area contributed by atoms with Crippen molar-refractivity contribution < 1.29 is 4.79 Å². The number of rotatable bonds is 3. The lowest BCUT2D eigenvalue weighted by molar-refractivity contribution is -0.115. The van der Waals surface area contributed by atoms with Gasteiger partial charge < -0.3 is 15.5 Å². The molecule has 2 N–H and O–H groups in total. The fraction of sp³-hybridized carbons (Fsp3) is 0.235. The van der Waals surface area contributed by atoms with E-state index in [-0.39, 0.29) is 5.91 Å². The molecule has 0 unspecified atom stereocenters. The van der Waals surface area contributed by atoms with Crippen LogP contribution in [0.25, 0.3) is 0 Å². The maximum Gasteiger partial charge on any atom is 0.243 e. The third-order valence-corrected chi connectivity index (χ3v) is 3.56. The van der Waals surface area contributed by atoms with E-state index in [1.807, 2.05) is 42.5 Å². The molecule has 1 heterocycles. The van der Waals surface area contributed by atoms with Crippen molar-refractivity contribution in [3.63, 3.8) is 0 Å². The topological polar surface area (TPSA) is 44.4 Å². The number of hydrogen-bond acceptors (Lipinski definition) is 3. The maximum absolute atomic E-state index is 12.2. The molecule has 1 amide bonds. The molecular weight excluding hydrogens is 262 g/mol. The molecule has 2 aromatic carbocycles. The molecule has 0 bridgehead atoms. The van der Waals surface area contributed by atoms with Crippen LogP contribution >= 0.6 is 0 Å². The fourth-order valence-corrected chi connectivity index (χ4v) is 2.57. The number of fused-ring (bicyclic) bond motifs is 1. The second-order valence-electron chi connectivity index (χ2n) is 5.13. The van der Waals surface area contributed by atoms with Gasteiger partial charge in [-0.3, -0.25) is 4.79 Å². The van der Waals surface area contributed by atoms with Crippen molar-refractivity contribution in [2.75, 3.05) is 35.2 Å². The highest BCUT2D eigenvalue weighted by molar-refractivity contribution is 5.94. The van der Waals surface area contributed by atoms with Crippen LogP contribution in [-0.2, 0) is 4.79 Å². The Kier molecular flexibility index (Phi) is 4.05. The van der Waals surface area contributed by atoms with Crippen LogP contribution in [0.1, 0.15) is 6.42 Å². The Balaban J connectivity index is 1.71. The van der Waals surface area contributed by atoms with E-state index in [0.29, 0.717) is 6.54 Å². The van der Waals surface area contributed by atoms with Gasteiger partial charge in [0.1, 0.15) is 0 Å². The summed E-state index contributed by atoms with van der Waals surface area (Å²) in [5, 5.41) is 6.34. The van der Waals surface area contributed by atoms with Crippen molar-refractivity contribution in [1.82, 2.24) is 0 Å². The van der Waals surface area contributed by atoms with E-state index in [1.165, 1.54) is 0 Å². The van der Waals surface area contributed by atoms with Gasteiger partial charge in [0.15, 0.2) is 0 Å². The van der Waals surface area contributed by atoms with Gasteiger partial charge in [-0.25, -0.2) is 0 Å². The highest BCUT2D eigenvalue weighted by atomic mass is 16.2. The van der Waals surface area contributed by atoms with Crippen molar-refractivity contribution >= 4 is 23.0 Å². The average Bonchev–Trinajstić information content (AvgIpc) is 2.71. The summed E-state index contributed by atoms with van der Waals surface area (Å²) >= 11 is 0. The first-order valence-electron chi connectivity index (χ1n) is 7.26. The van der Waals surface area contributed by atoms with Gasteiger partial charge in [0, 0.05) is 18.8 Å². The number of hydrogen-bond donors (Lipinski definition) is 2. The Morgan fingerprint density at radius 2 is 1.86 bits per heavy atom. The molecule has 0 spiro atoms. The molecule has 0 atom stereocenters. The normalized spacial score (nSPS) is 13.8. The Labute approximate surface area is 124 Å². The van der Waals surface area contributed by atoms with Gasteiger partial charge in [-0.2, -0.15) is 0 Å². The molecule has 4 nitrogen and oxygen atoms in total. The standard InChI is InChI=1S/C17H19N3O/c21-17(19-14-7-2-1-3-8-14)13-20-12-6-11-18-15-9-4-5-10-16(15)20/h1-5,7-10,18H,6,11-13H2,(H,19,21). The minimum absolute atomic E-state index is 0.0119. The number of carbonyl (C=O) groups excluding carboxylic acids is 1. The van der Waals surface area contributed by atoms with E-state index >= 15 is 0 Å². The predicted molar refractivity (Wildman–Crippen MR) is 86.8 cm³/mol. The fourth-order valence-electron chi connectivity index (χ4n) is 2.57. The van der Waals surface area contributed by atoms with Crippen molar-refractivity contribution in [3.05, 3.63) is 54.6 Å². The Morgan fingerprint density at radius 1 is 1.10 bits per heavy atom. The lowest BCUT2D eigenvalue weighted by Gasteiger charge is -2.23. The summed E-state index contributed by atoms with van der Waals surface area (Å²) in [6.45, 7) is 2.19. The summed E-state index contributed by atoms with van der Waals surface area (Å²) in [6.07, 6.45) is 1.02. The largest absolute Gasteiger partial charge is 0.383 e. The number of carbonyl (C=O) groups is 1. The molecule has 0 radical (unpaired) electrons. The van der Waals surface area contributed by atoms with E-state index in [4.69, 9.17) is 0 Å². The molecule has 4 heteroatoms. The number of para-hydroxylation sites is 3. The maximum atomic E-state index is 12.2. The highest BCUT2D eigenvalue weighted by Crippen LogP contribution is 2.27. The molecule has 3 rings (SSSR count). The Bertz CT molecular complexity index is 612. The monoisotopic (exact) mass is 281 g/mol. The molecule has 0 aliphatic carbocycles. The van der Waals surface area contributed by atoms with Gasteiger partial charge in [-0.1, -0.05) is 30.3 Å². The molecule has 1 aliphatic rings. The quantitative estimate of drug-likeness (QED) is 0.909. The summed E-state index contributed by atoms with van der Waals surface area (Å²) in [5.74, 6) is 0.0119. The van der Waals surface area contributed by atoms with Crippen molar-refractivity contribution in [2.24, 2.45) is 0 Å². The lowest BCUT2D eigenvalue weighted by Crippen LogP contribution is -2.33. The third kappa shape index (κ3) is 3.34. The van der Waals surface area contributed by atoms with Crippen molar-refractivity contribution in [3.8, 4) is 0 Å². The summed E-state index contributed by atoms with van der Waals surface area (Å²) in [5.41, 5.74) is 3.03. The number of nitrogens with one attached hydrogen (secondary N) is 2. The molecular formula is C17H19N3O. The molecule has 1 aliphatic heterocycles. The summed E-state index contributed by atoms with van der Waals surface area (Å²) in [4.78, 5) is 14.4. The first-order chi connectivity index (χ1) is 10.3. The zero-order valence-corrected chi connectivity index (χ0v) is 11.9. The number of benzene rings is 2. The Hall–Kier alpha value is -2.49. The van der Waals surface area contributed by atoms with E-state index in [0.717, 1.165) is 36.6 Å². The zero-order valence-electron chi connectivity index (χ0n) is 11.9.